The van der Waals surface area contributed by atoms with Gasteiger partial charge in [0.05, 0.1) is 7.11 Å². The van der Waals surface area contributed by atoms with Crippen LogP contribution in [0.25, 0.3) is 5.57 Å². The van der Waals surface area contributed by atoms with Crippen molar-refractivity contribution in [2.75, 3.05) is 7.11 Å². The van der Waals surface area contributed by atoms with Crippen LogP contribution in [0.4, 0.5) is 0 Å². The summed E-state index contributed by atoms with van der Waals surface area (Å²) in [4.78, 5) is 11.1. The van der Waals surface area contributed by atoms with Crippen LogP contribution in [0.15, 0.2) is 30.3 Å². The van der Waals surface area contributed by atoms with Gasteiger partial charge in [0.1, 0.15) is 0 Å². The van der Waals surface area contributed by atoms with E-state index in [0.29, 0.717) is 0 Å². The number of ether oxygens (including phenoxy) is 1. The second-order valence-electron chi connectivity index (χ2n) is 5.18. The molecular formula is C15H20O2. The van der Waals surface area contributed by atoms with Crippen molar-refractivity contribution in [3.8, 4) is 0 Å². The minimum atomic E-state index is -0.317. The Kier molecular flexibility index (Phi) is 4.11. The van der Waals surface area contributed by atoms with Crippen LogP contribution in [-0.4, -0.2) is 13.1 Å². The lowest BCUT2D eigenvalue weighted by molar-refractivity contribution is -0.134. The van der Waals surface area contributed by atoms with E-state index in [1.807, 2.05) is 19.1 Å². The Balaban J connectivity index is 2.96. The SMILES string of the molecule is COC(=O)C=C(C)c1ccc(C(C)(C)C)cc1. The van der Waals surface area contributed by atoms with Crippen molar-refractivity contribution in [2.24, 2.45) is 0 Å². The van der Waals surface area contributed by atoms with E-state index < -0.39 is 0 Å². The fourth-order valence-corrected chi connectivity index (χ4v) is 1.55. The van der Waals surface area contributed by atoms with E-state index in [9.17, 15) is 4.79 Å². The zero-order chi connectivity index (χ0) is 13.1. The number of carbonyl (C=O) groups excluding carboxylic acids is 1. The Hall–Kier alpha value is -1.57. The number of hydrogen-bond acceptors (Lipinski definition) is 2. The molecule has 1 aromatic rings. The quantitative estimate of drug-likeness (QED) is 0.575. The maximum Gasteiger partial charge on any atom is 0.330 e. The summed E-state index contributed by atoms with van der Waals surface area (Å²) in [7, 11) is 1.38. The number of benzene rings is 1. The number of hydrogen-bond donors (Lipinski definition) is 0. The Bertz CT molecular complexity index is 419. The highest BCUT2D eigenvalue weighted by Crippen LogP contribution is 2.24. The second-order valence-corrected chi connectivity index (χ2v) is 5.18. The molecule has 0 atom stereocenters. The number of methoxy groups -OCH3 is 1. The first kappa shape index (κ1) is 13.5. The molecule has 2 nitrogen and oxygen atoms in total. The molecule has 0 unspecified atom stereocenters. The van der Waals surface area contributed by atoms with Gasteiger partial charge in [-0.15, -0.1) is 0 Å². The van der Waals surface area contributed by atoms with Gasteiger partial charge in [-0.1, -0.05) is 45.0 Å². The van der Waals surface area contributed by atoms with E-state index in [2.05, 4.69) is 37.6 Å². The van der Waals surface area contributed by atoms with Gasteiger partial charge in [-0.2, -0.15) is 0 Å². The molecule has 0 radical (unpaired) electrons. The van der Waals surface area contributed by atoms with Gasteiger partial charge >= 0.3 is 5.97 Å². The van der Waals surface area contributed by atoms with Crippen LogP contribution in [0.3, 0.4) is 0 Å². The smallest absolute Gasteiger partial charge is 0.330 e. The minimum absolute atomic E-state index is 0.151. The van der Waals surface area contributed by atoms with Crippen LogP contribution in [0.1, 0.15) is 38.8 Å². The predicted octanol–water partition coefficient (Wildman–Crippen LogP) is 3.56. The Labute approximate surface area is 103 Å². The monoisotopic (exact) mass is 232 g/mol. The molecule has 2 heteroatoms. The second kappa shape index (κ2) is 5.17. The molecule has 0 saturated heterocycles. The van der Waals surface area contributed by atoms with Gasteiger partial charge in [-0.05, 0) is 29.0 Å². The molecule has 0 amide bonds. The molecule has 0 aliphatic rings. The standard InChI is InChI=1S/C15H20O2/c1-11(10-14(16)17-5)12-6-8-13(9-7-12)15(2,3)4/h6-10H,1-5H3. The largest absolute Gasteiger partial charge is 0.466 e. The third kappa shape index (κ3) is 3.74. The molecule has 0 bridgehead atoms. The molecule has 17 heavy (non-hydrogen) atoms. The van der Waals surface area contributed by atoms with Crippen molar-refractivity contribution in [3.63, 3.8) is 0 Å². The number of rotatable bonds is 2. The lowest BCUT2D eigenvalue weighted by Crippen LogP contribution is -2.10. The third-order valence-corrected chi connectivity index (χ3v) is 2.74. The van der Waals surface area contributed by atoms with E-state index in [-0.39, 0.29) is 11.4 Å². The minimum Gasteiger partial charge on any atom is -0.466 e. The molecule has 0 fully saturated rings. The van der Waals surface area contributed by atoms with Crippen LogP contribution >= 0.6 is 0 Å². The Morgan fingerprint density at radius 2 is 1.71 bits per heavy atom. The van der Waals surface area contributed by atoms with Gasteiger partial charge < -0.3 is 4.74 Å². The molecule has 0 aliphatic carbocycles. The summed E-state index contributed by atoms with van der Waals surface area (Å²) in [5.74, 6) is -0.317. The summed E-state index contributed by atoms with van der Waals surface area (Å²) in [5.41, 5.74) is 3.39. The summed E-state index contributed by atoms with van der Waals surface area (Å²) >= 11 is 0. The van der Waals surface area contributed by atoms with E-state index in [1.165, 1.54) is 18.7 Å². The molecule has 92 valence electrons. The third-order valence-electron chi connectivity index (χ3n) is 2.74. The molecule has 0 N–H and O–H groups in total. The van der Waals surface area contributed by atoms with Crippen molar-refractivity contribution in [2.45, 2.75) is 33.1 Å². The molecule has 0 heterocycles. The van der Waals surface area contributed by atoms with Crippen LogP contribution < -0.4 is 0 Å². The number of allylic oxidation sites excluding steroid dienone is 1. The lowest BCUT2D eigenvalue weighted by Gasteiger charge is -2.19. The Morgan fingerprint density at radius 1 is 1.18 bits per heavy atom. The van der Waals surface area contributed by atoms with E-state index in [4.69, 9.17) is 0 Å². The van der Waals surface area contributed by atoms with Gasteiger partial charge in [-0.25, -0.2) is 4.79 Å². The van der Waals surface area contributed by atoms with E-state index >= 15 is 0 Å². The highest BCUT2D eigenvalue weighted by atomic mass is 16.5. The molecule has 0 aliphatic heterocycles. The molecule has 0 aromatic heterocycles. The summed E-state index contributed by atoms with van der Waals surface area (Å²) in [6.07, 6.45) is 1.51. The molecule has 0 saturated carbocycles. The van der Waals surface area contributed by atoms with Crippen molar-refractivity contribution in [1.82, 2.24) is 0 Å². The van der Waals surface area contributed by atoms with Gasteiger partial charge in [-0.3, -0.25) is 0 Å². The van der Waals surface area contributed by atoms with Gasteiger partial charge in [0.25, 0.3) is 0 Å². The van der Waals surface area contributed by atoms with Gasteiger partial charge in [0.15, 0.2) is 0 Å². The molecule has 1 rings (SSSR count). The zero-order valence-corrected chi connectivity index (χ0v) is 11.2. The number of carbonyl (C=O) groups is 1. The van der Waals surface area contributed by atoms with E-state index in [0.717, 1.165) is 11.1 Å². The first-order valence-corrected chi connectivity index (χ1v) is 5.72. The number of esters is 1. The van der Waals surface area contributed by atoms with Crippen LogP contribution in [-0.2, 0) is 14.9 Å². The average Bonchev–Trinajstić information content (AvgIpc) is 2.27. The van der Waals surface area contributed by atoms with Gasteiger partial charge in [0, 0.05) is 6.08 Å². The summed E-state index contributed by atoms with van der Waals surface area (Å²) in [6.45, 7) is 8.44. The van der Waals surface area contributed by atoms with Gasteiger partial charge in [0.2, 0.25) is 0 Å². The van der Waals surface area contributed by atoms with Crippen molar-refractivity contribution < 1.29 is 9.53 Å². The highest BCUT2D eigenvalue weighted by Gasteiger charge is 2.13. The Morgan fingerprint density at radius 3 is 2.12 bits per heavy atom. The zero-order valence-electron chi connectivity index (χ0n) is 11.2. The first-order valence-electron chi connectivity index (χ1n) is 5.72. The first-order chi connectivity index (χ1) is 7.84. The van der Waals surface area contributed by atoms with Crippen molar-refractivity contribution >= 4 is 11.5 Å². The highest BCUT2D eigenvalue weighted by molar-refractivity contribution is 5.90. The van der Waals surface area contributed by atoms with Crippen LogP contribution in [0, 0.1) is 0 Å². The normalized spacial score (nSPS) is 12.4. The summed E-state index contributed by atoms with van der Waals surface area (Å²) in [6, 6.07) is 8.28. The summed E-state index contributed by atoms with van der Waals surface area (Å²) < 4.78 is 4.61. The fraction of sp³-hybridized carbons (Fsp3) is 0.400. The van der Waals surface area contributed by atoms with E-state index in [1.54, 1.807) is 0 Å². The lowest BCUT2D eigenvalue weighted by atomic mass is 9.86. The molecular weight excluding hydrogens is 212 g/mol. The van der Waals surface area contributed by atoms with Crippen molar-refractivity contribution in [3.05, 3.63) is 41.5 Å². The molecule has 1 aromatic carbocycles. The topological polar surface area (TPSA) is 26.3 Å². The fourth-order valence-electron chi connectivity index (χ4n) is 1.55. The maximum absolute atomic E-state index is 11.1. The molecule has 0 spiro atoms. The maximum atomic E-state index is 11.1. The average molecular weight is 232 g/mol. The van der Waals surface area contributed by atoms with Crippen LogP contribution in [0.2, 0.25) is 0 Å². The predicted molar refractivity (Wildman–Crippen MR) is 70.8 cm³/mol. The summed E-state index contributed by atoms with van der Waals surface area (Å²) in [5, 5.41) is 0. The van der Waals surface area contributed by atoms with Crippen molar-refractivity contribution in [1.29, 1.82) is 0 Å². The van der Waals surface area contributed by atoms with Crippen LogP contribution in [0.5, 0.6) is 0 Å².